The van der Waals surface area contributed by atoms with E-state index in [4.69, 9.17) is 10.5 Å². The highest BCUT2D eigenvalue weighted by atomic mass is 19.3. The van der Waals surface area contributed by atoms with Crippen LogP contribution in [0.15, 0.2) is 0 Å². The summed E-state index contributed by atoms with van der Waals surface area (Å²) >= 11 is 0. The molecule has 2 atom stereocenters. The van der Waals surface area contributed by atoms with Crippen LogP contribution in [0, 0.1) is 5.92 Å². The van der Waals surface area contributed by atoms with Crippen molar-refractivity contribution in [2.24, 2.45) is 11.7 Å². The smallest absolute Gasteiger partial charge is 0.277 e. The number of carbonyl (C=O) groups excluding carboxylic acids is 1. The van der Waals surface area contributed by atoms with Crippen LogP contribution in [-0.4, -0.2) is 37.6 Å². The van der Waals surface area contributed by atoms with E-state index in [9.17, 15) is 13.6 Å². The molecule has 3 N–H and O–H groups in total. The van der Waals surface area contributed by atoms with E-state index in [2.05, 4.69) is 5.32 Å². The molecule has 0 aliphatic carbocycles. The molecule has 1 fully saturated rings. The maximum atomic E-state index is 12.7. The predicted octanol–water partition coefficient (Wildman–Crippen LogP) is 0.122. The number of ether oxygens (including phenoxy) is 1. The Bertz CT molecular complexity index is 236. The highest BCUT2D eigenvalue weighted by Crippen LogP contribution is 2.19. The maximum Gasteiger partial charge on any atom is 0.277 e. The molecule has 4 nitrogen and oxygen atoms in total. The molecule has 1 amide bonds. The maximum absolute atomic E-state index is 12.7. The number of rotatable bonds is 4. The molecule has 15 heavy (non-hydrogen) atoms. The van der Waals surface area contributed by atoms with E-state index in [1.807, 2.05) is 6.92 Å². The summed E-state index contributed by atoms with van der Waals surface area (Å²) in [4.78, 5) is 11.4. The molecule has 1 aliphatic heterocycles. The minimum Gasteiger partial charge on any atom is -0.378 e. The van der Waals surface area contributed by atoms with Gasteiger partial charge in [-0.2, -0.15) is 0 Å². The van der Waals surface area contributed by atoms with Crippen LogP contribution in [0.5, 0.6) is 0 Å². The van der Waals surface area contributed by atoms with Gasteiger partial charge in [-0.25, -0.2) is 8.78 Å². The lowest BCUT2D eigenvalue weighted by atomic mass is 10.1. The first kappa shape index (κ1) is 12.3. The van der Waals surface area contributed by atoms with Crippen molar-refractivity contribution in [2.75, 3.05) is 19.7 Å². The monoisotopic (exact) mass is 222 g/mol. The number of hydrogen-bond acceptors (Lipinski definition) is 3. The molecular weight excluding hydrogens is 206 g/mol. The van der Waals surface area contributed by atoms with Gasteiger partial charge >= 0.3 is 0 Å². The van der Waals surface area contributed by atoms with E-state index in [0.717, 1.165) is 0 Å². The zero-order valence-corrected chi connectivity index (χ0v) is 8.63. The van der Waals surface area contributed by atoms with E-state index in [1.165, 1.54) is 0 Å². The molecule has 2 unspecified atom stereocenters. The molecule has 0 aromatic heterocycles. The van der Waals surface area contributed by atoms with Gasteiger partial charge in [-0.15, -0.1) is 0 Å². The molecule has 88 valence electrons. The molecule has 0 aromatic rings. The summed E-state index contributed by atoms with van der Waals surface area (Å²) in [6.07, 6.45) is 0.607. The summed E-state index contributed by atoms with van der Waals surface area (Å²) in [7, 11) is 0. The Morgan fingerprint density at radius 2 is 2.33 bits per heavy atom. The Labute approximate surface area is 87.1 Å². The molecule has 1 heterocycles. The molecule has 1 saturated heterocycles. The lowest BCUT2D eigenvalue weighted by Crippen LogP contribution is -2.43. The summed E-state index contributed by atoms with van der Waals surface area (Å²) in [5.74, 6) is -3.72. The zero-order chi connectivity index (χ0) is 11.5. The van der Waals surface area contributed by atoms with Gasteiger partial charge in [-0.3, -0.25) is 4.79 Å². The van der Waals surface area contributed by atoms with Gasteiger partial charge in [-0.1, -0.05) is 0 Å². The predicted molar refractivity (Wildman–Crippen MR) is 50.5 cm³/mol. The highest BCUT2D eigenvalue weighted by Gasteiger charge is 2.32. The fraction of sp³-hybridized carbons (Fsp3) is 0.889. The van der Waals surface area contributed by atoms with Crippen LogP contribution in [0.2, 0.25) is 0 Å². The summed E-state index contributed by atoms with van der Waals surface area (Å²) < 4.78 is 30.6. The topological polar surface area (TPSA) is 64.4 Å². The van der Waals surface area contributed by atoms with E-state index in [0.29, 0.717) is 13.0 Å². The fourth-order valence-electron chi connectivity index (χ4n) is 1.43. The Morgan fingerprint density at radius 1 is 1.67 bits per heavy atom. The quantitative estimate of drug-likeness (QED) is 0.710. The van der Waals surface area contributed by atoms with Gasteiger partial charge in [0.25, 0.3) is 5.92 Å². The lowest BCUT2D eigenvalue weighted by molar-refractivity contribution is -0.126. The van der Waals surface area contributed by atoms with Gasteiger partial charge in [0, 0.05) is 0 Å². The van der Waals surface area contributed by atoms with Crippen molar-refractivity contribution >= 4 is 5.91 Å². The van der Waals surface area contributed by atoms with Gasteiger partial charge in [-0.05, 0) is 13.3 Å². The van der Waals surface area contributed by atoms with Crippen LogP contribution in [0.3, 0.4) is 0 Å². The van der Waals surface area contributed by atoms with Crippen LogP contribution in [-0.2, 0) is 9.53 Å². The highest BCUT2D eigenvalue weighted by molar-refractivity contribution is 5.79. The van der Waals surface area contributed by atoms with Crippen molar-refractivity contribution in [3.05, 3.63) is 0 Å². The molecule has 1 aliphatic rings. The van der Waals surface area contributed by atoms with Crippen molar-refractivity contribution in [1.29, 1.82) is 0 Å². The van der Waals surface area contributed by atoms with Crippen molar-refractivity contribution < 1.29 is 18.3 Å². The average molecular weight is 222 g/mol. The molecule has 0 radical (unpaired) electrons. The largest absolute Gasteiger partial charge is 0.378 e. The molecule has 0 saturated carbocycles. The normalized spacial score (nSPS) is 26.7. The minimum absolute atomic E-state index is 0.0239. The number of hydrogen-bond donors (Lipinski definition) is 2. The number of amides is 1. The number of nitrogens with two attached hydrogens (primary N) is 1. The second kappa shape index (κ2) is 4.85. The molecule has 0 spiro atoms. The van der Waals surface area contributed by atoms with Crippen LogP contribution in [0.25, 0.3) is 0 Å². The van der Waals surface area contributed by atoms with Gasteiger partial charge < -0.3 is 15.8 Å². The third kappa shape index (κ3) is 3.71. The second-order valence-corrected chi connectivity index (χ2v) is 3.85. The number of alkyl halides is 2. The van der Waals surface area contributed by atoms with E-state index in [1.54, 1.807) is 0 Å². The minimum atomic E-state index is -3.03. The van der Waals surface area contributed by atoms with Crippen LogP contribution < -0.4 is 11.1 Å². The van der Waals surface area contributed by atoms with Crippen molar-refractivity contribution in [3.8, 4) is 0 Å². The van der Waals surface area contributed by atoms with E-state index >= 15 is 0 Å². The lowest BCUT2D eigenvalue weighted by Gasteiger charge is -2.16. The Morgan fingerprint density at radius 3 is 2.80 bits per heavy atom. The number of carbonyl (C=O) groups is 1. The second-order valence-electron chi connectivity index (χ2n) is 3.85. The first-order chi connectivity index (χ1) is 6.94. The van der Waals surface area contributed by atoms with Gasteiger partial charge in [0.1, 0.15) is 0 Å². The third-order valence-corrected chi connectivity index (χ3v) is 2.39. The summed E-state index contributed by atoms with van der Waals surface area (Å²) in [5, 5.41) is 2.19. The average Bonchev–Trinajstić information content (AvgIpc) is 2.61. The summed E-state index contributed by atoms with van der Waals surface area (Å²) in [6.45, 7) is 0.695. The molecule has 1 rings (SSSR count). The molecular formula is C9H16F2N2O2. The number of halogens is 2. The SMILES string of the molecule is CC1CC(C(=O)NCC(F)(F)CN)CO1. The fourth-order valence-corrected chi connectivity index (χ4v) is 1.43. The van der Waals surface area contributed by atoms with E-state index in [-0.39, 0.29) is 17.9 Å². The van der Waals surface area contributed by atoms with Gasteiger partial charge in [0.15, 0.2) is 0 Å². The Hall–Kier alpha value is -0.750. The standard InChI is InChI=1S/C9H16F2N2O2/c1-6-2-7(3-15-6)8(14)13-5-9(10,11)4-12/h6-7H,2-5,12H2,1H3,(H,13,14). The summed E-state index contributed by atoms with van der Waals surface area (Å²) in [6, 6.07) is 0. The molecule has 0 bridgehead atoms. The van der Waals surface area contributed by atoms with Crippen molar-refractivity contribution in [2.45, 2.75) is 25.4 Å². The summed E-state index contributed by atoms with van der Waals surface area (Å²) in [5.41, 5.74) is 4.84. The van der Waals surface area contributed by atoms with Crippen molar-refractivity contribution in [1.82, 2.24) is 5.32 Å². The molecule has 0 aromatic carbocycles. The zero-order valence-electron chi connectivity index (χ0n) is 8.63. The first-order valence-electron chi connectivity index (χ1n) is 4.92. The van der Waals surface area contributed by atoms with Gasteiger partial charge in [0.2, 0.25) is 5.91 Å². The van der Waals surface area contributed by atoms with Crippen LogP contribution in [0.4, 0.5) is 8.78 Å². The van der Waals surface area contributed by atoms with Crippen molar-refractivity contribution in [3.63, 3.8) is 0 Å². The van der Waals surface area contributed by atoms with Crippen LogP contribution in [0.1, 0.15) is 13.3 Å². The van der Waals surface area contributed by atoms with E-state index < -0.39 is 19.0 Å². The third-order valence-electron chi connectivity index (χ3n) is 2.39. The Kier molecular flexibility index (Phi) is 3.98. The Balaban J connectivity index is 2.30. The first-order valence-corrected chi connectivity index (χ1v) is 4.92. The van der Waals surface area contributed by atoms with Crippen LogP contribution >= 0.6 is 0 Å². The number of nitrogens with one attached hydrogen (secondary N) is 1. The van der Waals surface area contributed by atoms with Gasteiger partial charge in [0.05, 0.1) is 31.7 Å². The molecule has 6 heteroatoms.